The Bertz CT molecular complexity index is 450. The summed E-state index contributed by atoms with van der Waals surface area (Å²) < 4.78 is 4.85. The van der Waals surface area contributed by atoms with Gasteiger partial charge in [-0.05, 0) is 31.9 Å². The number of thiophene rings is 1. The number of hydrogen-bond acceptors (Lipinski definition) is 4. The lowest BCUT2D eigenvalue weighted by molar-refractivity contribution is -0.125. The second-order valence-corrected chi connectivity index (χ2v) is 6.69. The average Bonchev–Trinajstić information content (AvgIpc) is 3.06. The number of amides is 1. The van der Waals surface area contributed by atoms with Crippen LogP contribution in [0.2, 0.25) is 0 Å². The highest BCUT2D eigenvalue weighted by Crippen LogP contribution is 2.44. The van der Waals surface area contributed by atoms with Crippen LogP contribution in [0.25, 0.3) is 0 Å². The van der Waals surface area contributed by atoms with Crippen LogP contribution in [0.3, 0.4) is 0 Å². The standard InChI is InChI=1S/C15H23NO3S/c1-11(17)12-5-6-13(20-12)15(7-3-4-8-15)10-16-14(18)9-19-2/h5-6,11,17H,3-4,7-10H2,1-2H3,(H,16,18)/t11-/m1/s1. The van der Waals surface area contributed by atoms with Gasteiger partial charge in [-0.3, -0.25) is 4.79 Å². The third-order valence-corrected chi connectivity index (χ3v) is 5.52. The predicted molar refractivity (Wildman–Crippen MR) is 80.0 cm³/mol. The molecule has 0 aromatic carbocycles. The van der Waals surface area contributed by atoms with Crippen molar-refractivity contribution in [1.29, 1.82) is 0 Å². The molecule has 0 aliphatic heterocycles. The summed E-state index contributed by atoms with van der Waals surface area (Å²) in [6.07, 6.45) is 4.17. The van der Waals surface area contributed by atoms with E-state index in [4.69, 9.17) is 4.74 Å². The molecule has 1 amide bonds. The Morgan fingerprint density at radius 2 is 2.20 bits per heavy atom. The van der Waals surface area contributed by atoms with Gasteiger partial charge < -0.3 is 15.2 Å². The van der Waals surface area contributed by atoms with Crippen molar-refractivity contribution in [3.63, 3.8) is 0 Å². The fourth-order valence-corrected chi connectivity index (χ4v) is 4.06. The van der Waals surface area contributed by atoms with Crippen molar-refractivity contribution >= 4 is 17.2 Å². The van der Waals surface area contributed by atoms with E-state index in [-0.39, 0.29) is 17.9 Å². The maximum absolute atomic E-state index is 11.6. The van der Waals surface area contributed by atoms with Crippen LogP contribution in [0.5, 0.6) is 0 Å². The molecule has 1 aliphatic rings. The largest absolute Gasteiger partial charge is 0.388 e. The molecule has 112 valence electrons. The minimum atomic E-state index is -0.421. The van der Waals surface area contributed by atoms with Gasteiger partial charge in [-0.25, -0.2) is 0 Å². The van der Waals surface area contributed by atoms with Crippen molar-refractivity contribution in [2.75, 3.05) is 20.3 Å². The molecule has 4 nitrogen and oxygen atoms in total. The summed E-state index contributed by atoms with van der Waals surface area (Å²) in [5.41, 5.74) is 0.0429. The molecule has 0 radical (unpaired) electrons. The topological polar surface area (TPSA) is 58.6 Å². The molecule has 2 rings (SSSR count). The second kappa shape index (κ2) is 6.70. The first-order chi connectivity index (χ1) is 9.57. The Balaban J connectivity index is 2.10. The Morgan fingerprint density at radius 1 is 1.50 bits per heavy atom. The van der Waals surface area contributed by atoms with Gasteiger partial charge in [0.2, 0.25) is 5.91 Å². The molecule has 0 bridgehead atoms. The molecule has 1 heterocycles. The molecular formula is C15H23NO3S. The maximum Gasteiger partial charge on any atom is 0.246 e. The van der Waals surface area contributed by atoms with Crippen molar-refractivity contribution in [2.24, 2.45) is 0 Å². The zero-order chi connectivity index (χ0) is 14.6. The molecule has 2 N–H and O–H groups in total. The Morgan fingerprint density at radius 3 is 2.75 bits per heavy atom. The number of rotatable bonds is 6. The number of carbonyl (C=O) groups excluding carboxylic acids is 1. The third kappa shape index (κ3) is 3.40. The number of carbonyl (C=O) groups is 1. The van der Waals surface area contributed by atoms with Crippen molar-refractivity contribution in [3.8, 4) is 0 Å². The van der Waals surface area contributed by atoms with Gasteiger partial charge in [0.05, 0.1) is 6.10 Å². The SMILES string of the molecule is COCC(=O)NCC1(c2ccc([C@@H](C)O)s2)CCCC1. The van der Waals surface area contributed by atoms with Crippen molar-refractivity contribution in [1.82, 2.24) is 5.32 Å². The van der Waals surface area contributed by atoms with E-state index in [1.165, 1.54) is 24.8 Å². The molecule has 1 aromatic rings. The molecule has 0 spiro atoms. The molecule has 1 aliphatic carbocycles. The molecular weight excluding hydrogens is 274 g/mol. The van der Waals surface area contributed by atoms with E-state index in [2.05, 4.69) is 11.4 Å². The molecule has 1 fully saturated rings. The van der Waals surface area contributed by atoms with Crippen LogP contribution in [0.15, 0.2) is 12.1 Å². The number of ether oxygens (including phenoxy) is 1. The highest BCUT2D eigenvalue weighted by molar-refractivity contribution is 7.12. The lowest BCUT2D eigenvalue weighted by Gasteiger charge is -2.28. The fraction of sp³-hybridized carbons (Fsp3) is 0.667. The summed E-state index contributed by atoms with van der Waals surface area (Å²) >= 11 is 1.67. The minimum absolute atomic E-state index is 0.0429. The first kappa shape index (κ1) is 15.5. The monoisotopic (exact) mass is 297 g/mol. The number of methoxy groups -OCH3 is 1. The van der Waals surface area contributed by atoms with Crippen LogP contribution < -0.4 is 5.32 Å². The van der Waals surface area contributed by atoms with Gasteiger partial charge in [0.1, 0.15) is 6.61 Å². The minimum Gasteiger partial charge on any atom is -0.388 e. The molecule has 20 heavy (non-hydrogen) atoms. The van der Waals surface area contributed by atoms with Gasteiger partial charge in [-0.15, -0.1) is 11.3 Å². The van der Waals surface area contributed by atoms with E-state index in [9.17, 15) is 9.90 Å². The van der Waals surface area contributed by atoms with E-state index in [0.717, 1.165) is 17.7 Å². The fourth-order valence-electron chi connectivity index (χ4n) is 2.87. The highest BCUT2D eigenvalue weighted by Gasteiger charge is 2.37. The van der Waals surface area contributed by atoms with Gasteiger partial charge in [-0.1, -0.05) is 12.8 Å². The van der Waals surface area contributed by atoms with E-state index in [1.54, 1.807) is 18.3 Å². The zero-order valence-corrected chi connectivity index (χ0v) is 13.0. The molecule has 5 heteroatoms. The lowest BCUT2D eigenvalue weighted by atomic mass is 9.84. The van der Waals surface area contributed by atoms with Crippen LogP contribution in [0.4, 0.5) is 0 Å². The van der Waals surface area contributed by atoms with Crippen LogP contribution in [0, 0.1) is 0 Å². The summed E-state index contributed by atoms with van der Waals surface area (Å²) in [7, 11) is 1.53. The number of aliphatic hydroxyl groups excluding tert-OH is 1. The smallest absolute Gasteiger partial charge is 0.246 e. The van der Waals surface area contributed by atoms with Crippen molar-refractivity contribution < 1.29 is 14.6 Å². The van der Waals surface area contributed by atoms with E-state index < -0.39 is 6.10 Å². The van der Waals surface area contributed by atoms with Crippen LogP contribution in [-0.2, 0) is 14.9 Å². The van der Waals surface area contributed by atoms with Crippen molar-refractivity contribution in [3.05, 3.63) is 21.9 Å². The van der Waals surface area contributed by atoms with Crippen LogP contribution in [0.1, 0.15) is 48.5 Å². The zero-order valence-electron chi connectivity index (χ0n) is 12.1. The summed E-state index contributed by atoms with van der Waals surface area (Å²) in [5.74, 6) is -0.0638. The van der Waals surface area contributed by atoms with Gasteiger partial charge >= 0.3 is 0 Å². The van der Waals surface area contributed by atoms with Crippen LogP contribution >= 0.6 is 11.3 Å². The predicted octanol–water partition coefficient (Wildman–Crippen LogP) is 2.38. The number of nitrogens with one attached hydrogen (secondary N) is 1. The number of aliphatic hydroxyl groups is 1. The summed E-state index contributed by atoms with van der Waals surface area (Å²) in [5, 5.41) is 12.7. The van der Waals surface area contributed by atoms with Gasteiger partial charge in [0.25, 0.3) is 0 Å². The summed E-state index contributed by atoms with van der Waals surface area (Å²) in [4.78, 5) is 13.9. The lowest BCUT2D eigenvalue weighted by Crippen LogP contribution is -2.39. The van der Waals surface area contributed by atoms with E-state index >= 15 is 0 Å². The summed E-state index contributed by atoms with van der Waals surface area (Å²) in [6.45, 7) is 2.56. The molecule has 0 saturated heterocycles. The van der Waals surface area contributed by atoms with Crippen molar-refractivity contribution in [2.45, 2.75) is 44.1 Å². The third-order valence-electron chi connectivity index (χ3n) is 4.02. The van der Waals surface area contributed by atoms with E-state index in [0.29, 0.717) is 6.54 Å². The Kier molecular flexibility index (Phi) is 5.18. The molecule has 0 unspecified atom stereocenters. The quantitative estimate of drug-likeness (QED) is 0.847. The van der Waals surface area contributed by atoms with Gasteiger partial charge in [0.15, 0.2) is 0 Å². The Hall–Kier alpha value is -0.910. The number of hydrogen-bond donors (Lipinski definition) is 2. The average molecular weight is 297 g/mol. The normalized spacial score (nSPS) is 18.9. The second-order valence-electron chi connectivity index (χ2n) is 5.58. The van der Waals surface area contributed by atoms with Gasteiger partial charge in [0, 0.05) is 28.8 Å². The molecule has 1 saturated carbocycles. The molecule has 1 aromatic heterocycles. The Labute approximate surface area is 124 Å². The first-order valence-electron chi connectivity index (χ1n) is 7.11. The van der Waals surface area contributed by atoms with Gasteiger partial charge in [-0.2, -0.15) is 0 Å². The summed E-state index contributed by atoms with van der Waals surface area (Å²) in [6, 6.07) is 4.11. The first-order valence-corrected chi connectivity index (χ1v) is 7.93. The molecule has 1 atom stereocenters. The highest BCUT2D eigenvalue weighted by atomic mass is 32.1. The van der Waals surface area contributed by atoms with Crippen LogP contribution in [-0.4, -0.2) is 31.3 Å². The van der Waals surface area contributed by atoms with E-state index in [1.807, 2.05) is 6.07 Å². The maximum atomic E-state index is 11.6.